The molecule has 2 rings (SSSR count). The summed E-state index contributed by atoms with van der Waals surface area (Å²) in [5.74, 6) is -0.0247. The number of nitrogens with zero attached hydrogens (tertiary/aromatic N) is 2. The molecule has 93 valence electrons. The Hall–Kier alpha value is -1.36. The molecule has 0 saturated heterocycles. The molecule has 0 unspecified atom stereocenters. The second-order valence-corrected chi connectivity index (χ2v) is 4.43. The van der Waals surface area contributed by atoms with Crippen LogP contribution < -0.4 is 5.32 Å². The predicted molar refractivity (Wildman–Crippen MR) is 62.4 cm³/mol. The molecule has 1 aliphatic rings. The van der Waals surface area contributed by atoms with Gasteiger partial charge in [0.05, 0.1) is 12.2 Å². The lowest BCUT2D eigenvalue weighted by molar-refractivity contribution is -0.125. The Morgan fingerprint density at radius 3 is 2.88 bits per heavy atom. The van der Waals surface area contributed by atoms with Crippen LogP contribution in [0.3, 0.4) is 0 Å². The van der Waals surface area contributed by atoms with Crippen molar-refractivity contribution in [3.8, 4) is 0 Å². The Morgan fingerprint density at radius 1 is 1.53 bits per heavy atom. The van der Waals surface area contributed by atoms with Crippen LogP contribution in [0, 0.1) is 6.07 Å². The lowest BCUT2D eigenvalue weighted by Crippen LogP contribution is -2.39. The number of carbonyl (C=O) groups is 1. The Bertz CT molecular complexity index is 343. The highest BCUT2D eigenvalue weighted by atomic mass is 16.5. The predicted octanol–water partition coefficient (Wildman–Crippen LogP) is 0.930. The van der Waals surface area contributed by atoms with Gasteiger partial charge in [-0.25, -0.2) is 0 Å². The standard InChI is InChI=1S/C12H18N3O2/c1-17-9-12(16)14-10-3-5-11(6-4-10)15-8-2-7-13-15/h7-8,10-11H,3-6,9H2,1H3,(H,14,16)/t10-,11-. The maximum atomic E-state index is 11.4. The summed E-state index contributed by atoms with van der Waals surface area (Å²) in [6.45, 7) is 0.147. The first-order valence-electron chi connectivity index (χ1n) is 5.98. The molecule has 0 spiro atoms. The molecule has 1 aromatic rings. The zero-order valence-corrected chi connectivity index (χ0v) is 10.1. The van der Waals surface area contributed by atoms with E-state index in [0.29, 0.717) is 6.04 Å². The average Bonchev–Trinajstić information content (AvgIpc) is 2.84. The van der Waals surface area contributed by atoms with Crippen LogP contribution in [-0.4, -0.2) is 35.4 Å². The minimum Gasteiger partial charge on any atom is -0.375 e. The number of amides is 1. The lowest BCUT2D eigenvalue weighted by Gasteiger charge is -2.29. The Kier molecular flexibility index (Phi) is 4.14. The van der Waals surface area contributed by atoms with Crippen LogP contribution in [0.5, 0.6) is 0 Å². The second kappa shape index (κ2) is 5.82. The van der Waals surface area contributed by atoms with Crippen molar-refractivity contribution in [2.24, 2.45) is 0 Å². The summed E-state index contributed by atoms with van der Waals surface area (Å²) >= 11 is 0. The van der Waals surface area contributed by atoms with Gasteiger partial charge in [0.25, 0.3) is 0 Å². The van der Waals surface area contributed by atoms with Gasteiger partial charge in [0.2, 0.25) is 5.91 Å². The minimum atomic E-state index is -0.0247. The fourth-order valence-corrected chi connectivity index (χ4v) is 2.33. The van der Waals surface area contributed by atoms with Crippen LogP contribution in [-0.2, 0) is 9.53 Å². The summed E-state index contributed by atoms with van der Waals surface area (Å²) in [7, 11) is 1.53. The molecule has 0 bridgehead atoms. The second-order valence-electron chi connectivity index (χ2n) is 4.43. The highest BCUT2D eigenvalue weighted by Gasteiger charge is 2.23. The van der Waals surface area contributed by atoms with Gasteiger partial charge in [-0.3, -0.25) is 9.48 Å². The molecule has 1 aromatic heterocycles. The van der Waals surface area contributed by atoms with E-state index in [0.717, 1.165) is 25.7 Å². The molecule has 0 atom stereocenters. The number of nitrogens with one attached hydrogen (secondary N) is 1. The molecular weight excluding hydrogens is 218 g/mol. The summed E-state index contributed by atoms with van der Waals surface area (Å²) in [5, 5.41) is 7.19. The molecule has 1 saturated carbocycles. The third kappa shape index (κ3) is 3.30. The molecule has 0 aliphatic heterocycles. The molecule has 1 heterocycles. The molecular formula is C12H18N3O2. The van der Waals surface area contributed by atoms with Crippen LogP contribution in [0.1, 0.15) is 31.7 Å². The number of carbonyl (C=O) groups excluding carboxylic acids is 1. The fraction of sp³-hybridized carbons (Fsp3) is 0.667. The van der Waals surface area contributed by atoms with Gasteiger partial charge in [-0.05, 0) is 25.7 Å². The van der Waals surface area contributed by atoms with E-state index in [-0.39, 0.29) is 18.6 Å². The molecule has 1 amide bonds. The van der Waals surface area contributed by atoms with Crippen LogP contribution in [0.2, 0.25) is 0 Å². The van der Waals surface area contributed by atoms with Crippen molar-refractivity contribution in [2.45, 2.75) is 37.8 Å². The van der Waals surface area contributed by atoms with Crippen LogP contribution in [0.25, 0.3) is 0 Å². The van der Waals surface area contributed by atoms with Crippen molar-refractivity contribution in [3.05, 3.63) is 18.5 Å². The van der Waals surface area contributed by atoms with Crippen LogP contribution >= 0.6 is 0 Å². The molecule has 1 fully saturated rings. The van der Waals surface area contributed by atoms with E-state index < -0.39 is 0 Å². The van der Waals surface area contributed by atoms with Gasteiger partial charge in [0, 0.05) is 25.4 Å². The monoisotopic (exact) mass is 236 g/mol. The summed E-state index contributed by atoms with van der Waals surface area (Å²) in [6, 6.07) is 3.69. The van der Waals surface area contributed by atoms with Gasteiger partial charge in [0.1, 0.15) is 6.61 Å². The number of hydrogen-bond donors (Lipinski definition) is 1. The summed E-state index contributed by atoms with van der Waals surface area (Å²) in [5.41, 5.74) is 0. The smallest absolute Gasteiger partial charge is 0.246 e. The third-order valence-corrected chi connectivity index (χ3v) is 3.18. The zero-order valence-electron chi connectivity index (χ0n) is 10.1. The van der Waals surface area contributed by atoms with E-state index in [9.17, 15) is 4.79 Å². The maximum Gasteiger partial charge on any atom is 0.246 e. The first-order valence-corrected chi connectivity index (χ1v) is 5.98. The Labute approximate surface area is 101 Å². The molecule has 5 heteroatoms. The fourth-order valence-electron chi connectivity index (χ4n) is 2.33. The number of aromatic nitrogens is 2. The third-order valence-electron chi connectivity index (χ3n) is 3.18. The van der Waals surface area contributed by atoms with Gasteiger partial charge in [-0.1, -0.05) is 0 Å². The molecule has 0 aromatic carbocycles. The van der Waals surface area contributed by atoms with E-state index in [1.807, 2.05) is 10.9 Å². The van der Waals surface area contributed by atoms with E-state index in [4.69, 9.17) is 4.74 Å². The largest absolute Gasteiger partial charge is 0.375 e. The summed E-state index contributed by atoms with van der Waals surface area (Å²) < 4.78 is 6.76. The SMILES string of the molecule is COCC(=O)N[C@H]1CC[C@H](n2c[c]cn2)CC1. The highest BCUT2D eigenvalue weighted by molar-refractivity contribution is 5.77. The molecule has 1 N–H and O–H groups in total. The van der Waals surface area contributed by atoms with Gasteiger partial charge in [-0.15, -0.1) is 0 Å². The van der Waals surface area contributed by atoms with E-state index >= 15 is 0 Å². The number of rotatable bonds is 4. The first-order chi connectivity index (χ1) is 8.29. The van der Waals surface area contributed by atoms with Crippen LogP contribution in [0.4, 0.5) is 0 Å². The zero-order chi connectivity index (χ0) is 12.1. The quantitative estimate of drug-likeness (QED) is 0.846. The van der Waals surface area contributed by atoms with E-state index in [1.54, 1.807) is 6.20 Å². The summed E-state index contributed by atoms with van der Waals surface area (Å²) in [6.07, 6.45) is 7.67. The first kappa shape index (κ1) is 12.1. The van der Waals surface area contributed by atoms with Crippen molar-refractivity contribution in [3.63, 3.8) is 0 Å². The van der Waals surface area contributed by atoms with Crippen molar-refractivity contribution in [2.75, 3.05) is 13.7 Å². The number of methoxy groups -OCH3 is 1. The molecule has 5 nitrogen and oxygen atoms in total. The topological polar surface area (TPSA) is 56.1 Å². The Morgan fingerprint density at radius 2 is 2.29 bits per heavy atom. The van der Waals surface area contributed by atoms with Gasteiger partial charge in [-0.2, -0.15) is 5.10 Å². The van der Waals surface area contributed by atoms with E-state index in [2.05, 4.69) is 16.5 Å². The molecule has 1 radical (unpaired) electrons. The maximum absolute atomic E-state index is 11.4. The van der Waals surface area contributed by atoms with Crippen molar-refractivity contribution in [1.29, 1.82) is 0 Å². The van der Waals surface area contributed by atoms with Crippen molar-refractivity contribution < 1.29 is 9.53 Å². The summed E-state index contributed by atoms with van der Waals surface area (Å²) in [4.78, 5) is 11.4. The van der Waals surface area contributed by atoms with Gasteiger partial charge < -0.3 is 10.1 Å². The lowest BCUT2D eigenvalue weighted by atomic mass is 9.91. The number of hydrogen-bond acceptors (Lipinski definition) is 3. The Balaban J connectivity index is 1.76. The van der Waals surface area contributed by atoms with Crippen molar-refractivity contribution >= 4 is 5.91 Å². The van der Waals surface area contributed by atoms with Gasteiger partial charge in [0.15, 0.2) is 0 Å². The molecule has 17 heavy (non-hydrogen) atoms. The minimum absolute atomic E-state index is 0.0247. The average molecular weight is 236 g/mol. The normalized spacial score (nSPS) is 24.5. The van der Waals surface area contributed by atoms with Gasteiger partial charge >= 0.3 is 0 Å². The molecule has 1 aliphatic carbocycles. The van der Waals surface area contributed by atoms with Crippen molar-refractivity contribution in [1.82, 2.24) is 15.1 Å². The van der Waals surface area contributed by atoms with E-state index in [1.165, 1.54) is 7.11 Å². The number of ether oxygens (including phenoxy) is 1. The van der Waals surface area contributed by atoms with Crippen LogP contribution in [0.15, 0.2) is 12.4 Å². The highest BCUT2D eigenvalue weighted by Crippen LogP contribution is 2.27.